The fraction of sp³-hybridized carbons (Fsp3) is 0.714. The van der Waals surface area contributed by atoms with Crippen molar-refractivity contribution >= 4 is 5.82 Å². The van der Waals surface area contributed by atoms with Gasteiger partial charge >= 0.3 is 0 Å². The van der Waals surface area contributed by atoms with E-state index in [-0.39, 0.29) is 0 Å². The molecule has 0 amide bonds. The number of nitrogens with one attached hydrogen (secondary N) is 1. The van der Waals surface area contributed by atoms with Gasteiger partial charge in [-0.1, -0.05) is 19.8 Å². The van der Waals surface area contributed by atoms with Crippen molar-refractivity contribution in [3.8, 4) is 0 Å². The van der Waals surface area contributed by atoms with Crippen LogP contribution in [0.25, 0.3) is 0 Å². The highest BCUT2D eigenvalue weighted by Gasteiger charge is 2.17. The Morgan fingerprint density at radius 3 is 2.83 bits per heavy atom. The van der Waals surface area contributed by atoms with E-state index in [0.29, 0.717) is 0 Å². The van der Waals surface area contributed by atoms with E-state index in [1.54, 1.807) is 0 Å². The molecule has 18 heavy (non-hydrogen) atoms. The van der Waals surface area contributed by atoms with Gasteiger partial charge in [-0.15, -0.1) is 0 Å². The molecule has 1 saturated carbocycles. The summed E-state index contributed by atoms with van der Waals surface area (Å²) in [5.41, 5.74) is 1.02. The van der Waals surface area contributed by atoms with E-state index in [0.717, 1.165) is 37.1 Å². The highest BCUT2D eigenvalue weighted by atomic mass is 15.2. The summed E-state index contributed by atoms with van der Waals surface area (Å²) in [5, 5.41) is 3.28. The highest BCUT2D eigenvalue weighted by molar-refractivity contribution is 5.35. The van der Waals surface area contributed by atoms with Crippen LogP contribution >= 0.6 is 0 Å². The fourth-order valence-corrected chi connectivity index (χ4v) is 2.59. The van der Waals surface area contributed by atoms with Crippen LogP contribution in [-0.4, -0.2) is 30.1 Å². The summed E-state index contributed by atoms with van der Waals surface area (Å²) in [6.45, 7) is 4.97. The molecule has 4 nitrogen and oxygen atoms in total. The average molecular weight is 248 g/mol. The monoisotopic (exact) mass is 248 g/mol. The van der Waals surface area contributed by atoms with Crippen LogP contribution in [0.4, 0.5) is 5.82 Å². The lowest BCUT2D eigenvalue weighted by atomic mass is 10.1. The number of hydrogen-bond acceptors (Lipinski definition) is 4. The van der Waals surface area contributed by atoms with Crippen molar-refractivity contribution in [3.05, 3.63) is 18.1 Å². The molecule has 1 aromatic heterocycles. The van der Waals surface area contributed by atoms with Crippen LogP contribution in [0.1, 0.15) is 38.3 Å². The lowest BCUT2D eigenvalue weighted by Crippen LogP contribution is -2.25. The smallest absolute Gasteiger partial charge is 0.147 e. The van der Waals surface area contributed by atoms with Gasteiger partial charge in [0.1, 0.15) is 5.82 Å². The van der Waals surface area contributed by atoms with E-state index < -0.39 is 0 Å². The Labute approximate surface area is 110 Å². The number of nitrogens with zero attached hydrogens (tertiary/aromatic N) is 3. The number of rotatable bonds is 6. The Morgan fingerprint density at radius 2 is 2.11 bits per heavy atom. The van der Waals surface area contributed by atoms with Gasteiger partial charge in [-0.25, -0.2) is 4.98 Å². The molecule has 0 bridgehead atoms. The van der Waals surface area contributed by atoms with Crippen molar-refractivity contribution in [2.75, 3.05) is 25.0 Å². The second-order valence-corrected chi connectivity index (χ2v) is 5.18. The van der Waals surface area contributed by atoms with Gasteiger partial charge < -0.3 is 10.2 Å². The van der Waals surface area contributed by atoms with Crippen LogP contribution in [-0.2, 0) is 6.54 Å². The van der Waals surface area contributed by atoms with Gasteiger partial charge in [0.25, 0.3) is 0 Å². The van der Waals surface area contributed by atoms with Crippen LogP contribution < -0.4 is 10.2 Å². The predicted octanol–water partition coefficient (Wildman–Crippen LogP) is 2.21. The lowest BCUT2D eigenvalue weighted by Gasteiger charge is -2.22. The third-order valence-corrected chi connectivity index (χ3v) is 3.63. The predicted molar refractivity (Wildman–Crippen MR) is 74.6 cm³/mol. The minimum atomic E-state index is 0.800. The summed E-state index contributed by atoms with van der Waals surface area (Å²) in [5.74, 6) is 1.84. The van der Waals surface area contributed by atoms with E-state index in [1.165, 1.54) is 25.7 Å². The number of aromatic nitrogens is 2. The first kappa shape index (κ1) is 13.3. The van der Waals surface area contributed by atoms with Gasteiger partial charge in [-0.2, -0.15) is 0 Å². The minimum absolute atomic E-state index is 0.800. The van der Waals surface area contributed by atoms with E-state index in [1.807, 2.05) is 12.4 Å². The van der Waals surface area contributed by atoms with Crippen molar-refractivity contribution in [1.29, 1.82) is 0 Å². The maximum Gasteiger partial charge on any atom is 0.147 e. The van der Waals surface area contributed by atoms with E-state index in [4.69, 9.17) is 0 Å². The van der Waals surface area contributed by atoms with Gasteiger partial charge in [0.2, 0.25) is 0 Å². The summed E-state index contributed by atoms with van der Waals surface area (Å²) in [6.07, 6.45) is 9.24. The Balaban J connectivity index is 1.93. The molecule has 1 aliphatic rings. The molecule has 0 unspecified atom stereocenters. The van der Waals surface area contributed by atoms with E-state index in [9.17, 15) is 0 Å². The summed E-state index contributed by atoms with van der Waals surface area (Å²) in [6, 6.07) is 0. The SMILES string of the molecule is CCNCc1cncc(N(C)CC2CCCC2)n1. The molecule has 1 heterocycles. The zero-order valence-electron chi connectivity index (χ0n) is 11.5. The van der Waals surface area contributed by atoms with E-state index in [2.05, 4.69) is 34.2 Å². The fourth-order valence-electron chi connectivity index (χ4n) is 2.59. The van der Waals surface area contributed by atoms with Crippen molar-refractivity contribution in [3.63, 3.8) is 0 Å². The van der Waals surface area contributed by atoms with Crippen LogP contribution in [0.5, 0.6) is 0 Å². The minimum Gasteiger partial charge on any atom is -0.358 e. The largest absolute Gasteiger partial charge is 0.358 e. The molecule has 0 atom stereocenters. The number of hydrogen-bond donors (Lipinski definition) is 1. The van der Waals surface area contributed by atoms with Gasteiger partial charge in [0.15, 0.2) is 0 Å². The molecule has 0 aromatic carbocycles. The summed E-state index contributed by atoms with van der Waals surface area (Å²) >= 11 is 0. The first-order valence-corrected chi connectivity index (χ1v) is 7.02. The van der Waals surface area contributed by atoms with Gasteiger partial charge in [0.05, 0.1) is 11.9 Å². The second-order valence-electron chi connectivity index (χ2n) is 5.18. The van der Waals surface area contributed by atoms with Crippen molar-refractivity contribution < 1.29 is 0 Å². The zero-order chi connectivity index (χ0) is 12.8. The summed E-state index contributed by atoms with van der Waals surface area (Å²) in [4.78, 5) is 11.2. The molecule has 2 rings (SSSR count). The maximum absolute atomic E-state index is 4.65. The third-order valence-electron chi connectivity index (χ3n) is 3.63. The van der Waals surface area contributed by atoms with Gasteiger partial charge in [-0.3, -0.25) is 4.98 Å². The highest BCUT2D eigenvalue weighted by Crippen LogP contribution is 2.26. The molecular formula is C14H24N4. The second kappa shape index (κ2) is 6.69. The molecule has 1 fully saturated rings. The standard InChI is InChI=1S/C14H24N4/c1-3-15-8-13-9-16-10-14(17-13)18(2)11-12-6-4-5-7-12/h9-10,12,15H,3-8,11H2,1-2H3. The van der Waals surface area contributed by atoms with Crippen molar-refractivity contribution in [1.82, 2.24) is 15.3 Å². The Bertz CT molecular complexity index is 361. The molecule has 4 heteroatoms. The van der Waals surface area contributed by atoms with Crippen LogP contribution in [0.3, 0.4) is 0 Å². The molecule has 0 spiro atoms. The maximum atomic E-state index is 4.65. The quantitative estimate of drug-likeness (QED) is 0.838. The topological polar surface area (TPSA) is 41.1 Å². The van der Waals surface area contributed by atoms with Crippen molar-refractivity contribution in [2.24, 2.45) is 5.92 Å². The lowest BCUT2D eigenvalue weighted by molar-refractivity contribution is 0.544. The normalized spacial score (nSPS) is 16.1. The molecule has 1 N–H and O–H groups in total. The van der Waals surface area contributed by atoms with Gasteiger partial charge in [-0.05, 0) is 25.3 Å². The molecule has 0 saturated heterocycles. The Morgan fingerprint density at radius 1 is 1.33 bits per heavy atom. The van der Waals surface area contributed by atoms with Crippen LogP contribution in [0.2, 0.25) is 0 Å². The summed E-state index contributed by atoms with van der Waals surface area (Å²) < 4.78 is 0. The third kappa shape index (κ3) is 3.67. The first-order valence-electron chi connectivity index (χ1n) is 7.02. The first-order chi connectivity index (χ1) is 8.79. The molecule has 0 radical (unpaired) electrons. The molecule has 100 valence electrons. The average Bonchev–Trinajstić information content (AvgIpc) is 2.89. The van der Waals surface area contributed by atoms with Gasteiger partial charge in [0, 0.05) is 26.3 Å². The molecular weight excluding hydrogens is 224 g/mol. The zero-order valence-corrected chi connectivity index (χ0v) is 11.5. The Kier molecular flexibility index (Phi) is 4.93. The van der Waals surface area contributed by atoms with E-state index >= 15 is 0 Å². The van der Waals surface area contributed by atoms with Crippen LogP contribution in [0, 0.1) is 5.92 Å². The molecule has 1 aromatic rings. The number of anilines is 1. The van der Waals surface area contributed by atoms with Crippen molar-refractivity contribution in [2.45, 2.75) is 39.2 Å². The Hall–Kier alpha value is -1.16. The molecule has 0 aliphatic heterocycles. The molecule has 1 aliphatic carbocycles. The summed E-state index contributed by atoms with van der Waals surface area (Å²) in [7, 11) is 2.12. The van der Waals surface area contributed by atoms with Crippen LogP contribution in [0.15, 0.2) is 12.4 Å².